The van der Waals surface area contributed by atoms with Crippen molar-refractivity contribution in [2.75, 3.05) is 12.3 Å². The van der Waals surface area contributed by atoms with Crippen molar-refractivity contribution in [1.29, 1.82) is 0 Å². The molecule has 0 aliphatic heterocycles. The van der Waals surface area contributed by atoms with Crippen molar-refractivity contribution in [3.8, 4) is 5.75 Å². The Hall–Kier alpha value is -2.04. The third-order valence-corrected chi connectivity index (χ3v) is 1.82. The second kappa shape index (κ2) is 4.45. The van der Waals surface area contributed by atoms with Gasteiger partial charge in [-0.15, -0.1) is 0 Å². The summed E-state index contributed by atoms with van der Waals surface area (Å²) in [4.78, 5) is 3.86. The maximum Gasteiger partial charge on any atom is 0.318 e. The molecule has 1 aromatic carbocycles. The zero-order valence-corrected chi connectivity index (χ0v) is 8.09. The lowest BCUT2D eigenvalue weighted by molar-refractivity contribution is 0.315. The van der Waals surface area contributed by atoms with Crippen LogP contribution < -0.4 is 10.5 Å². The Bertz CT molecular complexity index is 414. The summed E-state index contributed by atoms with van der Waals surface area (Å²) in [6.45, 7) is 0.503. The molecule has 0 fully saturated rings. The number of aromatic nitrogens is 2. The Kier molecular flexibility index (Phi) is 2.82. The van der Waals surface area contributed by atoms with E-state index in [2.05, 4.69) is 14.7 Å². The molecule has 0 amide bonds. The highest BCUT2D eigenvalue weighted by Crippen LogP contribution is 2.08. The van der Waals surface area contributed by atoms with Gasteiger partial charge in [0.1, 0.15) is 5.75 Å². The molecule has 5 heteroatoms. The number of nitrogens with zero attached hydrogens (tertiary/aromatic N) is 2. The van der Waals surface area contributed by atoms with Crippen molar-refractivity contribution >= 4 is 6.01 Å². The van der Waals surface area contributed by atoms with Gasteiger partial charge in [0, 0.05) is 6.42 Å². The Balaban J connectivity index is 1.80. The molecule has 0 bridgehead atoms. The van der Waals surface area contributed by atoms with Crippen molar-refractivity contribution in [3.05, 3.63) is 36.2 Å². The molecule has 0 saturated carbocycles. The highest BCUT2D eigenvalue weighted by atomic mass is 16.5. The maximum atomic E-state index is 5.46. The van der Waals surface area contributed by atoms with E-state index in [-0.39, 0.29) is 6.01 Å². The molecule has 5 nitrogen and oxygen atoms in total. The number of ether oxygens (including phenoxy) is 1. The van der Waals surface area contributed by atoms with Crippen LogP contribution in [0.2, 0.25) is 0 Å². The van der Waals surface area contributed by atoms with Crippen molar-refractivity contribution in [2.24, 2.45) is 0 Å². The number of rotatable bonds is 4. The van der Waals surface area contributed by atoms with Crippen LogP contribution in [0.25, 0.3) is 0 Å². The second-order valence-corrected chi connectivity index (χ2v) is 2.96. The summed E-state index contributed by atoms with van der Waals surface area (Å²) < 4.78 is 10.1. The number of hydrogen-bond donors (Lipinski definition) is 1. The molecule has 0 aliphatic carbocycles. The number of hydrogen-bond acceptors (Lipinski definition) is 5. The fraction of sp³-hybridized carbons (Fsp3) is 0.200. The summed E-state index contributed by atoms with van der Waals surface area (Å²) in [5.41, 5.74) is 5.28. The zero-order valence-electron chi connectivity index (χ0n) is 8.09. The largest absolute Gasteiger partial charge is 0.493 e. The van der Waals surface area contributed by atoms with Crippen LogP contribution in [-0.4, -0.2) is 16.7 Å². The average Bonchev–Trinajstić information content (AvgIpc) is 2.66. The monoisotopic (exact) mass is 205 g/mol. The van der Waals surface area contributed by atoms with E-state index in [1.54, 1.807) is 0 Å². The van der Waals surface area contributed by atoms with Gasteiger partial charge in [0.15, 0.2) is 5.82 Å². The van der Waals surface area contributed by atoms with Crippen LogP contribution in [0.1, 0.15) is 5.82 Å². The third-order valence-electron chi connectivity index (χ3n) is 1.82. The molecule has 2 N–H and O–H groups in total. The summed E-state index contributed by atoms with van der Waals surface area (Å²) >= 11 is 0. The van der Waals surface area contributed by atoms with Crippen molar-refractivity contribution in [3.63, 3.8) is 0 Å². The summed E-state index contributed by atoms with van der Waals surface area (Å²) in [6, 6.07) is 9.65. The first-order valence-corrected chi connectivity index (χ1v) is 4.60. The number of anilines is 1. The summed E-state index contributed by atoms with van der Waals surface area (Å²) in [6.07, 6.45) is 0.579. The van der Waals surface area contributed by atoms with Gasteiger partial charge in [-0.3, -0.25) is 0 Å². The minimum absolute atomic E-state index is 0.0877. The molecule has 0 saturated heterocycles. The van der Waals surface area contributed by atoms with Gasteiger partial charge in [-0.25, -0.2) is 0 Å². The number of nitrogen functional groups attached to an aromatic ring is 1. The van der Waals surface area contributed by atoms with Gasteiger partial charge in [-0.2, -0.15) is 4.98 Å². The van der Waals surface area contributed by atoms with Gasteiger partial charge in [0.2, 0.25) is 0 Å². The van der Waals surface area contributed by atoms with Gasteiger partial charge < -0.3 is 15.0 Å². The molecule has 0 unspecified atom stereocenters. The van der Waals surface area contributed by atoms with E-state index in [1.165, 1.54) is 0 Å². The van der Waals surface area contributed by atoms with E-state index in [4.69, 9.17) is 10.5 Å². The molecule has 0 aliphatic rings. The molecule has 15 heavy (non-hydrogen) atoms. The van der Waals surface area contributed by atoms with E-state index >= 15 is 0 Å². The molecule has 2 rings (SSSR count). The average molecular weight is 205 g/mol. The van der Waals surface area contributed by atoms with Crippen LogP contribution in [0.3, 0.4) is 0 Å². The topological polar surface area (TPSA) is 74.2 Å². The van der Waals surface area contributed by atoms with E-state index < -0.39 is 0 Å². The predicted molar refractivity (Wildman–Crippen MR) is 54.4 cm³/mol. The van der Waals surface area contributed by atoms with Crippen LogP contribution in [0.15, 0.2) is 34.9 Å². The van der Waals surface area contributed by atoms with E-state index in [0.29, 0.717) is 18.9 Å². The molecule has 0 atom stereocenters. The molecule has 0 spiro atoms. The first-order chi connectivity index (χ1) is 7.34. The zero-order chi connectivity index (χ0) is 10.5. The van der Waals surface area contributed by atoms with E-state index in [9.17, 15) is 0 Å². The van der Waals surface area contributed by atoms with Crippen molar-refractivity contribution in [2.45, 2.75) is 6.42 Å². The number of nitrogens with two attached hydrogens (primary N) is 1. The van der Waals surface area contributed by atoms with Crippen LogP contribution in [0.5, 0.6) is 5.75 Å². The Morgan fingerprint density at radius 3 is 2.73 bits per heavy atom. The molecular weight excluding hydrogens is 194 g/mol. The SMILES string of the molecule is Nc1nc(CCOc2ccccc2)no1. The van der Waals surface area contributed by atoms with Gasteiger partial charge in [0.25, 0.3) is 0 Å². The Labute approximate surface area is 86.9 Å². The summed E-state index contributed by atoms with van der Waals surface area (Å²) in [7, 11) is 0. The Morgan fingerprint density at radius 1 is 1.27 bits per heavy atom. The van der Waals surface area contributed by atoms with Gasteiger partial charge in [0.05, 0.1) is 6.61 Å². The lowest BCUT2D eigenvalue weighted by atomic mass is 10.3. The van der Waals surface area contributed by atoms with Crippen LogP contribution >= 0.6 is 0 Å². The second-order valence-electron chi connectivity index (χ2n) is 2.96. The van der Waals surface area contributed by atoms with Crippen molar-refractivity contribution in [1.82, 2.24) is 10.1 Å². The fourth-order valence-electron chi connectivity index (χ4n) is 1.15. The highest BCUT2D eigenvalue weighted by Gasteiger charge is 2.02. The number of benzene rings is 1. The van der Waals surface area contributed by atoms with E-state index in [1.807, 2.05) is 30.3 Å². The smallest absolute Gasteiger partial charge is 0.318 e. The quantitative estimate of drug-likeness (QED) is 0.813. The molecule has 1 heterocycles. The minimum atomic E-state index is 0.0877. The number of para-hydroxylation sites is 1. The first kappa shape index (κ1) is 9.51. The summed E-state index contributed by atoms with van der Waals surface area (Å²) in [5.74, 6) is 1.39. The lowest BCUT2D eigenvalue weighted by Gasteiger charge is -2.02. The van der Waals surface area contributed by atoms with Crippen LogP contribution in [0, 0.1) is 0 Å². The maximum absolute atomic E-state index is 5.46. The first-order valence-electron chi connectivity index (χ1n) is 4.60. The molecule has 2 aromatic rings. The molecule has 78 valence electrons. The highest BCUT2D eigenvalue weighted by molar-refractivity contribution is 5.20. The standard InChI is InChI=1S/C10H11N3O2/c11-10-12-9(13-15-10)6-7-14-8-4-2-1-3-5-8/h1-5H,6-7H2,(H2,11,12,13). The Morgan fingerprint density at radius 2 is 2.07 bits per heavy atom. The third kappa shape index (κ3) is 2.70. The van der Waals surface area contributed by atoms with Gasteiger partial charge in [-0.05, 0) is 12.1 Å². The van der Waals surface area contributed by atoms with Crippen LogP contribution in [0.4, 0.5) is 6.01 Å². The fourth-order valence-corrected chi connectivity index (χ4v) is 1.15. The molecule has 1 aromatic heterocycles. The van der Waals surface area contributed by atoms with Crippen molar-refractivity contribution < 1.29 is 9.26 Å². The molecule has 0 radical (unpaired) electrons. The normalized spacial score (nSPS) is 10.1. The predicted octanol–water partition coefficient (Wildman–Crippen LogP) is 1.27. The van der Waals surface area contributed by atoms with Crippen LogP contribution in [-0.2, 0) is 6.42 Å². The van der Waals surface area contributed by atoms with Gasteiger partial charge in [-0.1, -0.05) is 23.4 Å². The van der Waals surface area contributed by atoms with E-state index in [0.717, 1.165) is 5.75 Å². The minimum Gasteiger partial charge on any atom is -0.493 e. The summed E-state index contributed by atoms with van der Waals surface area (Å²) in [5, 5.41) is 3.66. The van der Waals surface area contributed by atoms with Gasteiger partial charge >= 0.3 is 6.01 Å². The lowest BCUT2D eigenvalue weighted by Crippen LogP contribution is -2.02. The molecular formula is C10H11N3O2.